The Bertz CT molecular complexity index is 775. The van der Waals surface area contributed by atoms with Crippen molar-refractivity contribution in [2.75, 3.05) is 27.4 Å². The number of amides is 1. The Hall–Kier alpha value is -3.02. The lowest BCUT2D eigenvalue weighted by molar-refractivity contribution is -0.145. The van der Waals surface area contributed by atoms with E-state index in [0.717, 1.165) is 0 Å². The number of hydrogen-bond donors (Lipinski definition) is 0. The molecule has 0 fully saturated rings. The lowest BCUT2D eigenvalue weighted by Gasteiger charge is -2.28. The van der Waals surface area contributed by atoms with Crippen LogP contribution in [0.2, 0.25) is 0 Å². The molecule has 25 heavy (non-hydrogen) atoms. The van der Waals surface area contributed by atoms with Gasteiger partial charge in [0.25, 0.3) is 5.91 Å². The number of likely N-dealkylation sites (N-methyl/N-ethyl adjacent to an activating group) is 1. The van der Waals surface area contributed by atoms with Crippen LogP contribution in [0.15, 0.2) is 48.5 Å². The highest BCUT2D eigenvalue weighted by Gasteiger charge is 2.32. The molecule has 1 atom stereocenters. The van der Waals surface area contributed by atoms with Crippen molar-refractivity contribution in [3.05, 3.63) is 59.7 Å². The first-order chi connectivity index (χ1) is 12.1. The molecule has 0 radical (unpaired) electrons. The van der Waals surface area contributed by atoms with Gasteiger partial charge in [-0.05, 0) is 17.7 Å². The first-order valence-corrected chi connectivity index (χ1v) is 7.92. The number of para-hydroxylation sites is 1. The summed E-state index contributed by atoms with van der Waals surface area (Å²) in [6.45, 7) is 0.815. The van der Waals surface area contributed by atoms with Crippen LogP contribution in [0.4, 0.5) is 0 Å². The van der Waals surface area contributed by atoms with Crippen molar-refractivity contribution in [3.8, 4) is 11.5 Å². The van der Waals surface area contributed by atoms with Gasteiger partial charge in [-0.1, -0.05) is 36.4 Å². The zero-order valence-corrected chi connectivity index (χ0v) is 14.1. The van der Waals surface area contributed by atoms with Gasteiger partial charge in [0, 0.05) is 7.05 Å². The molecule has 2 aromatic carbocycles. The lowest BCUT2D eigenvalue weighted by atomic mass is 10.0. The van der Waals surface area contributed by atoms with Gasteiger partial charge in [-0.2, -0.15) is 0 Å². The highest BCUT2D eigenvalue weighted by molar-refractivity contribution is 6.00. The van der Waals surface area contributed by atoms with Crippen LogP contribution < -0.4 is 9.47 Å². The van der Waals surface area contributed by atoms with Crippen LogP contribution in [0.5, 0.6) is 11.5 Å². The minimum absolute atomic E-state index is 0.346. The van der Waals surface area contributed by atoms with E-state index in [2.05, 4.69) is 0 Å². The van der Waals surface area contributed by atoms with Crippen molar-refractivity contribution >= 4 is 11.9 Å². The van der Waals surface area contributed by atoms with Crippen LogP contribution in [0, 0.1) is 0 Å². The van der Waals surface area contributed by atoms with Gasteiger partial charge in [0.05, 0.1) is 12.7 Å². The summed E-state index contributed by atoms with van der Waals surface area (Å²) in [7, 11) is 2.87. The van der Waals surface area contributed by atoms with Crippen LogP contribution in [0.3, 0.4) is 0 Å². The van der Waals surface area contributed by atoms with Crippen LogP contribution in [-0.4, -0.2) is 44.1 Å². The summed E-state index contributed by atoms with van der Waals surface area (Å²) < 4.78 is 16.0. The van der Waals surface area contributed by atoms with E-state index in [-0.39, 0.29) is 5.91 Å². The second-order valence-corrected chi connectivity index (χ2v) is 5.58. The van der Waals surface area contributed by atoms with Gasteiger partial charge in [-0.3, -0.25) is 4.79 Å². The summed E-state index contributed by atoms with van der Waals surface area (Å²) in [6, 6.07) is 13.3. The fourth-order valence-corrected chi connectivity index (χ4v) is 2.81. The van der Waals surface area contributed by atoms with Crippen LogP contribution in [-0.2, 0) is 9.53 Å². The fourth-order valence-electron chi connectivity index (χ4n) is 2.81. The van der Waals surface area contributed by atoms with Crippen LogP contribution in [0.25, 0.3) is 0 Å². The number of carbonyl (C=O) groups excluding carboxylic acids is 2. The third-order valence-electron chi connectivity index (χ3n) is 4.04. The molecule has 0 aliphatic carbocycles. The number of benzene rings is 2. The quantitative estimate of drug-likeness (QED) is 0.799. The van der Waals surface area contributed by atoms with Gasteiger partial charge < -0.3 is 19.1 Å². The van der Waals surface area contributed by atoms with E-state index in [0.29, 0.717) is 35.8 Å². The third-order valence-corrected chi connectivity index (χ3v) is 4.04. The molecular formula is C19H19NO5. The van der Waals surface area contributed by atoms with Gasteiger partial charge in [0.2, 0.25) is 0 Å². The highest BCUT2D eigenvalue weighted by atomic mass is 16.6. The molecule has 0 N–H and O–H groups in total. The van der Waals surface area contributed by atoms with Crippen LogP contribution in [0.1, 0.15) is 22.0 Å². The Kier molecular flexibility index (Phi) is 4.88. The maximum atomic E-state index is 13.0. The molecule has 3 rings (SSSR count). The maximum absolute atomic E-state index is 13.0. The fraction of sp³-hybridized carbons (Fsp3) is 0.263. The summed E-state index contributed by atoms with van der Waals surface area (Å²) in [5, 5.41) is 0. The Morgan fingerprint density at radius 3 is 2.48 bits per heavy atom. The molecule has 0 saturated carbocycles. The predicted molar refractivity (Wildman–Crippen MR) is 90.7 cm³/mol. The number of methoxy groups -OCH3 is 1. The van der Waals surface area contributed by atoms with E-state index in [1.807, 2.05) is 18.2 Å². The second kappa shape index (κ2) is 7.25. The van der Waals surface area contributed by atoms with Crippen molar-refractivity contribution in [2.24, 2.45) is 0 Å². The molecule has 6 heteroatoms. The minimum Gasteiger partial charge on any atom is -0.486 e. The molecule has 6 nitrogen and oxygen atoms in total. The first kappa shape index (κ1) is 16.8. The number of fused-ring (bicyclic) bond motifs is 1. The minimum atomic E-state index is -0.848. The van der Waals surface area contributed by atoms with Gasteiger partial charge in [-0.25, -0.2) is 4.79 Å². The molecule has 2 aromatic rings. The smallest absolute Gasteiger partial charge is 0.333 e. The van der Waals surface area contributed by atoms with Crippen molar-refractivity contribution in [1.29, 1.82) is 0 Å². The van der Waals surface area contributed by atoms with Crippen molar-refractivity contribution in [1.82, 2.24) is 4.90 Å². The summed E-state index contributed by atoms with van der Waals surface area (Å²) >= 11 is 0. The molecule has 130 valence electrons. The third kappa shape index (κ3) is 3.28. The SMILES string of the molecule is COC(=O)[C@@H](c1ccccc1)N(C)C(=O)c1cccc2c1OCCO2. The number of hydrogen-bond acceptors (Lipinski definition) is 5. The Labute approximate surface area is 145 Å². The van der Waals surface area contributed by atoms with E-state index < -0.39 is 12.0 Å². The van der Waals surface area contributed by atoms with Gasteiger partial charge in [0.1, 0.15) is 13.2 Å². The molecule has 1 aliphatic heterocycles. The Morgan fingerprint density at radius 1 is 1.04 bits per heavy atom. The van der Waals surface area contributed by atoms with Crippen molar-refractivity contribution in [2.45, 2.75) is 6.04 Å². The number of rotatable bonds is 4. The summed E-state index contributed by atoms with van der Waals surface area (Å²) in [4.78, 5) is 26.7. The predicted octanol–water partition coefficient (Wildman–Crippen LogP) is 2.44. The van der Waals surface area contributed by atoms with Gasteiger partial charge in [0.15, 0.2) is 17.5 Å². The average Bonchev–Trinajstić information content (AvgIpc) is 2.67. The van der Waals surface area contributed by atoms with Crippen LogP contribution >= 0.6 is 0 Å². The zero-order chi connectivity index (χ0) is 17.8. The second-order valence-electron chi connectivity index (χ2n) is 5.58. The van der Waals surface area contributed by atoms with Crippen molar-refractivity contribution in [3.63, 3.8) is 0 Å². The Morgan fingerprint density at radius 2 is 1.76 bits per heavy atom. The van der Waals surface area contributed by atoms with Crippen molar-refractivity contribution < 1.29 is 23.8 Å². The largest absolute Gasteiger partial charge is 0.486 e. The molecule has 0 aromatic heterocycles. The number of esters is 1. The van der Waals surface area contributed by atoms with E-state index in [1.165, 1.54) is 12.0 Å². The summed E-state index contributed by atoms with van der Waals surface area (Å²) in [6.07, 6.45) is 0. The number of carbonyl (C=O) groups is 2. The molecule has 1 heterocycles. The molecule has 0 saturated heterocycles. The Balaban J connectivity index is 1.96. The zero-order valence-electron chi connectivity index (χ0n) is 14.1. The normalized spacial score (nSPS) is 13.7. The van der Waals surface area contributed by atoms with Gasteiger partial charge in [-0.15, -0.1) is 0 Å². The highest BCUT2D eigenvalue weighted by Crippen LogP contribution is 2.35. The maximum Gasteiger partial charge on any atom is 0.333 e. The monoisotopic (exact) mass is 341 g/mol. The molecule has 1 amide bonds. The topological polar surface area (TPSA) is 65.1 Å². The molecule has 0 spiro atoms. The first-order valence-electron chi connectivity index (χ1n) is 7.92. The molecular weight excluding hydrogens is 322 g/mol. The molecule has 1 aliphatic rings. The number of nitrogens with zero attached hydrogens (tertiary/aromatic N) is 1. The summed E-state index contributed by atoms with van der Waals surface area (Å²) in [5.74, 6) is 0.0766. The molecule has 0 unspecified atom stereocenters. The van der Waals surface area contributed by atoms with Gasteiger partial charge >= 0.3 is 5.97 Å². The number of ether oxygens (including phenoxy) is 3. The average molecular weight is 341 g/mol. The van der Waals surface area contributed by atoms with E-state index in [9.17, 15) is 9.59 Å². The molecule has 0 bridgehead atoms. The summed E-state index contributed by atoms with van der Waals surface area (Å²) in [5.41, 5.74) is 1.02. The standard InChI is InChI=1S/C19H19NO5/c1-20(16(19(22)23-2)13-7-4-3-5-8-13)18(21)14-9-6-10-15-17(14)25-12-11-24-15/h3-10,16H,11-12H2,1-2H3/t16-/m1/s1. The van der Waals surface area contributed by atoms with E-state index in [1.54, 1.807) is 37.4 Å². The lowest BCUT2D eigenvalue weighted by Crippen LogP contribution is -2.37. The van der Waals surface area contributed by atoms with E-state index in [4.69, 9.17) is 14.2 Å². The van der Waals surface area contributed by atoms with E-state index >= 15 is 0 Å².